The first-order valence-electron chi connectivity index (χ1n) is 10.1. The Morgan fingerprint density at radius 3 is 2.57 bits per heavy atom. The van der Waals surface area contributed by atoms with Crippen LogP contribution in [0.5, 0.6) is 0 Å². The van der Waals surface area contributed by atoms with Crippen LogP contribution in [0.15, 0.2) is 77.8 Å². The summed E-state index contributed by atoms with van der Waals surface area (Å²) in [6.07, 6.45) is 11.7. The van der Waals surface area contributed by atoms with Crippen LogP contribution in [-0.2, 0) is 5.66 Å². The highest BCUT2D eigenvalue weighted by Gasteiger charge is 2.49. The number of nitrogens with zero attached hydrogens (tertiary/aromatic N) is 4. The van der Waals surface area contributed by atoms with Crippen molar-refractivity contribution in [2.45, 2.75) is 24.0 Å². The maximum absolute atomic E-state index is 12.8. The van der Waals surface area contributed by atoms with Crippen molar-refractivity contribution in [1.29, 1.82) is 0 Å². The minimum Gasteiger partial charge on any atom is -0.304 e. The Morgan fingerprint density at radius 1 is 1.04 bits per heavy atom. The fourth-order valence-corrected chi connectivity index (χ4v) is 5.21. The van der Waals surface area contributed by atoms with Gasteiger partial charge >= 0.3 is 0 Å². The number of hydrogen-bond donors (Lipinski definition) is 0. The number of hydrogen-bond acceptors (Lipinski definition) is 4. The average molecular weight is 374 g/mol. The van der Waals surface area contributed by atoms with Gasteiger partial charge in [0.25, 0.3) is 5.56 Å². The van der Waals surface area contributed by atoms with E-state index in [-0.39, 0.29) is 11.5 Å². The normalized spacial score (nSPS) is 32.7. The van der Waals surface area contributed by atoms with Crippen molar-refractivity contribution in [2.75, 3.05) is 26.7 Å². The summed E-state index contributed by atoms with van der Waals surface area (Å²) in [5.74, 6) is 0.883. The van der Waals surface area contributed by atoms with E-state index in [0.717, 1.165) is 19.6 Å². The molecule has 1 aromatic carbocycles. The molecule has 144 valence electrons. The molecule has 2 fully saturated rings. The molecule has 28 heavy (non-hydrogen) atoms. The van der Waals surface area contributed by atoms with E-state index in [1.165, 1.54) is 12.0 Å². The third-order valence-electron chi connectivity index (χ3n) is 6.53. The molecule has 3 aliphatic rings. The van der Waals surface area contributed by atoms with Gasteiger partial charge in [0, 0.05) is 43.9 Å². The highest BCUT2D eigenvalue weighted by Crippen LogP contribution is 2.41. The minimum absolute atomic E-state index is 0.0650. The molecule has 1 aromatic heterocycles. The zero-order valence-electron chi connectivity index (χ0n) is 16.2. The van der Waals surface area contributed by atoms with E-state index >= 15 is 0 Å². The summed E-state index contributed by atoms with van der Waals surface area (Å²) in [6.45, 7) is 3.16. The van der Waals surface area contributed by atoms with Crippen LogP contribution >= 0.6 is 0 Å². The number of likely N-dealkylation sites (tertiary alicyclic amines) is 2. The van der Waals surface area contributed by atoms with Gasteiger partial charge in [-0.2, -0.15) is 5.10 Å². The zero-order chi connectivity index (χ0) is 19.1. The van der Waals surface area contributed by atoms with Gasteiger partial charge in [0.15, 0.2) is 5.66 Å². The summed E-state index contributed by atoms with van der Waals surface area (Å²) < 4.78 is 1.65. The Balaban J connectivity index is 1.57. The molecule has 2 aliphatic heterocycles. The van der Waals surface area contributed by atoms with Crippen molar-refractivity contribution in [1.82, 2.24) is 19.6 Å². The lowest BCUT2D eigenvalue weighted by atomic mass is 9.89. The monoisotopic (exact) mass is 374 g/mol. The fourth-order valence-electron chi connectivity index (χ4n) is 5.21. The Labute approximate surface area is 165 Å². The Hall–Kier alpha value is -2.50. The molecule has 2 atom stereocenters. The Morgan fingerprint density at radius 2 is 1.82 bits per heavy atom. The highest BCUT2D eigenvalue weighted by atomic mass is 16.1. The van der Waals surface area contributed by atoms with E-state index in [1.807, 2.05) is 6.07 Å². The second kappa shape index (κ2) is 6.83. The van der Waals surface area contributed by atoms with E-state index in [9.17, 15) is 4.79 Å². The lowest BCUT2D eigenvalue weighted by Gasteiger charge is -2.42. The first-order valence-corrected chi connectivity index (χ1v) is 10.1. The summed E-state index contributed by atoms with van der Waals surface area (Å²) in [7, 11) is 2.19. The van der Waals surface area contributed by atoms with Crippen LogP contribution in [0, 0.1) is 5.92 Å². The largest absolute Gasteiger partial charge is 0.304 e. The molecular formula is C23H26N4O. The zero-order valence-corrected chi connectivity index (χ0v) is 16.2. The Bertz CT molecular complexity index is 950. The first-order chi connectivity index (χ1) is 13.7. The predicted molar refractivity (Wildman–Crippen MR) is 110 cm³/mol. The number of fused-ring (bicyclic) bond motifs is 1. The number of likely N-dealkylation sites (N-methyl/N-ethyl adjacent to an activating group) is 1. The van der Waals surface area contributed by atoms with E-state index in [1.54, 1.807) is 23.0 Å². The van der Waals surface area contributed by atoms with Gasteiger partial charge in [0.1, 0.15) is 0 Å². The third kappa shape index (κ3) is 2.77. The van der Waals surface area contributed by atoms with Crippen LogP contribution in [-0.4, -0.2) is 52.3 Å². The van der Waals surface area contributed by atoms with Crippen LogP contribution in [0.3, 0.4) is 0 Å². The topological polar surface area (TPSA) is 41.4 Å². The minimum atomic E-state index is -0.631. The maximum atomic E-state index is 12.8. The molecule has 3 heterocycles. The standard InChI is InChI=1S/C23H26N4O/c1-25-16-20-11-15-26(21(20)17-25)23(27-22(28)8-5-14-24-27)12-9-19(10-13-23)18-6-3-2-4-7-18/h2-10,12-14,19-21H,11,15-17H2,1H3/t19?,20-,21+,23?/m1/s1. The molecule has 5 nitrogen and oxygen atoms in total. The van der Waals surface area contributed by atoms with Crippen molar-refractivity contribution in [3.8, 4) is 0 Å². The lowest BCUT2D eigenvalue weighted by Crippen LogP contribution is -2.56. The van der Waals surface area contributed by atoms with Gasteiger partial charge in [-0.25, -0.2) is 4.68 Å². The molecule has 5 rings (SSSR count). The van der Waals surface area contributed by atoms with Gasteiger partial charge in [-0.1, -0.05) is 42.5 Å². The molecule has 0 unspecified atom stereocenters. The molecule has 1 aliphatic carbocycles. The summed E-state index contributed by atoms with van der Waals surface area (Å²) in [5, 5.41) is 4.50. The molecule has 0 amide bonds. The summed E-state index contributed by atoms with van der Waals surface area (Å²) >= 11 is 0. The Kier molecular flexibility index (Phi) is 4.29. The van der Waals surface area contributed by atoms with Crippen LogP contribution in [0.4, 0.5) is 0 Å². The third-order valence-corrected chi connectivity index (χ3v) is 6.53. The smallest absolute Gasteiger partial charge is 0.269 e. The van der Waals surface area contributed by atoms with Gasteiger partial charge in [-0.3, -0.25) is 9.69 Å². The molecular weight excluding hydrogens is 348 g/mol. The summed E-state index contributed by atoms with van der Waals surface area (Å²) in [6, 6.07) is 14.2. The first kappa shape index (κ1) is 17.6. The quantitative estimate of drug-likeness (QED) is 0.774. The molecule has 0 N–H and O–H groups in total. The number of allylic oxidation sites excluding steroid dienone is 2. The second-order valence-electron chi connectivity index (χ2n) is 8.24. The molecule has 2 aromatic rings. The van der Waals surface area contributed by atoms with Crippen LogP contribution in [0.2, 0.25) is 0 Å². The summed E-state index contributed by atoms with van der Waals surface area (Å²) in [4.78, 5) is 17.7. The van der Waals surface area contributed by atoms with Crippen LogP contribution in [0.25, 0.3) is 0 Å². The second-order valence-corrected chi connectivity index (χ2v) is 8.24. The highest BCUT2D eigenvalue weighted by molar-refractivity contribution is 5.35. The van der Waals surface area contributed by atoms with Gasteiger partial charge in [-0.15, -0.1) is 0 Å². The molecule has 0 radical (unpaired) electrons. The van der Waals surface area contributed by atoms with Crippen LogP contribution in [0.1, 0.15) is 17.9 Å². The molecule has 0 saturated carbocycles. The van der Waals surface area contributed by atoms with Crippen molar-refractivity contribution in [3.05, 3.63) is 88.9 Å². The van der Waals surface area contributed by atoms with E-state index in [0.29, 0.717) is 12.0 Å². The van der Waals surface area contributed by atoms with Gasteiger partial charge in [0.05, 0.1) is 0 Å². The van der Waals surface area contributed by atoms with E-state index in [2.05, 4.69) is 70.5 Å². The lowest BCUT2D eigenvalue weighted by molar-refractivity contribution is 0.0709. The molecule has 2 saturated heterocycles. The van der Waals surface area contributed by atoms with Crippen molar-refractivity contribution < 1.29 is 0 Å². The fraction of sp³-hybridized carbons (Fsp3) is 0.391. The van der Waals surface area contributed by atoms with Crippen LogP contribution < -0.4 is 5.56 Å². The maximum Gasteiger partial charge on any atom is 0.269 e. The van der Waals surface area contributed by atoms with Crippen molar-refractivity contribution in [2.24, 2.45) is 5.92 Å². The average Bonchev–Trinajstić information content (AvgIpc) is 3.28. The van der Waals surface area contributed by atoms with Gasteiger partial charge in [0.2, 0.25) is 0 Å². The molecule has 5 heteroatoms. The predicted octanol–water partition coefficient (Wildman–Crippen LogP) is 2.44. The SMILES string of the molecule is CN1C[C@H]2CCN(C3(n4ncccc4=O)C=CC(c4ccccc4)C=C3)[C@H]2C1. The van der Waals surface area contributed by atoms with Gasteiger partial charge in [-0.05, 0) is 43.2 Å². The summed E-state index contributed by atoms with van der Waals surface area (Å²) in [5.41, 5.74) is 0.565. The number of aromatic nitrogens is 2. The van der Waals surface area contributed by atoms with Gasteiger partial charge < -0.3 is 4.90 Å². The molecule has 0 bridgehead atoms. The number of rotatable bonds is 3. The van der Waals surface area contributed by atoms with Crippen molar-refractivity contribution in [3.63, 3.8) is 0 Å². The van der Waals surface area contributed by atoms with E-state index in [4.69, 9.17) is 0 Å². The van der Waals surface area contributed by atoms with E-state index < -0.39 is 5.66 Å². The van der Waals surface area contributed by atoms with Crippen molar-refractivity contribution >= 4 is 0 Å². The number of benzene rings is 1. The molecule has 0 spiro atoms.